The van der Waals surface area contributed by atoms with E-state index in [4.69, 9.17) is 10.8 Å². The van der Waals surface area contributed by atoms with Crippen molar-refractivity contribution in [3.63, 3.8) is 0 Å². The highest BCUT2D eigenvalue weighted by atomic mass is 32.1. The van der Waals surface area contributed by atoms with Gasteiger partial charge in [-0.15, -0.1) is 0 Å². The fourth-order valence-corrected chi connectivity index (χ4v) is 2.55. The fourth-order valence-electron chi connectivity index (χ4n) is 1.62. The summed E-state index contributed by atoms with van der Waals surface area (Å²) in [6.45, 7) is 2.68. The van der Waals surface area contributed by atoms with Crippen LogP contribution in [-0.2, 0) is 0 Å². The molecule has 1 aliphatic carbocycles. The zero-order chi connectivity index (χ0) is 13.1. The third-order valence-corrected chi connectivity index (χ3v) is 3.78. The summed E-state index contributed by atoms with van der Waals surface area (Å²) in [7, 11) is 0. The van der Waals surface area contributed by atoms with Crippen LogP contribution in [0.15, 0.2) is 0 Å². The molecule has 0 bridgehead atoms. The number of nitrogens with one attached hydrogen (secondary N) is 1. The Morgan fingerprint density at radius 3 is 2.94 bits per heavy atom. The zero-order valence-electron chi connectivity index (χ0n) is 10.3. The lowest BCUT2D eigenvalue weighted by atomic mass is 10.4. The molecule has 1 saturated carbocycles. The minimum absolute atomic E-state index is 0.0501. The number of aromatic nitrogens is 1. The number of carbonyl (C=O) groups excluding carboxylic acids is 1. The van der Waals surface area contributed by atoms with Crippen LogP contribution in [0.5, 0.6) is 0 Å². The first-order valence-electron chi connectivity index (χ1n) is 6.08. The number of nitrogens with zero attached hydrogens (tertiary/aromatic N) is 2. The second kappa shape index (κ2) is 5.53. The second-order valence-corrected chi connectivity index (χ2v) is 5.26. The average Bonchev–Trinajstić information content (AvgIpc) is 3.08. The minimum atomic E-state index is -0.162. The summed E-state index contributed by atoms with van der Waals surface area (Å²) in [5.41, 5.74) is 5.78. The number of thiazole rings is 1. The van der Waals surface area contributed by atoms with Gasteiger partial charge in [-0.1, -0.05) is 11.3 Å². The molecule has 2 rings (SSSR count). The maximum absolute atomic E-state index is 12.2. The van der Waals surface area contributed by atoms with Gasteiger partial charge in [0, 0.05) is 19.1 Å². The summed E-state index contributed by atoms with van der Waals surface area (Å²) in [4.78, 5) is 18.4. The Morgan fingerprint density at radius 2 is 2.39 bits per heavy atom. The van der Waals surface area contributed by atoms with Crippen molar-refractivity contribution in [3.8, 4) is 0 Å². The molecular weight excluding hydrogens is 252 g/mol. The van der Waals surface area contributed by atoms with E-state index in [2.05, 4.69) is 10.3 Å². The second-order valence-electron chi connectivity index (χ2n) is 4.26. The number of anilines is 2. The number of rotatable bonds is 6. The molecule has 1 aromatic heterocycles. The van der Waals surface area contributed by atoms with Gasteiger partial charge in [0.1, 0.15) is 10.7 Å². The van der Waals surface area contributed by atoms with Crippen LogP contribution < -0.4 is 11.1 Å². The fraction of sp³-hybridized carbons (Fsp3) is 0.636. The van der Waals surface area contributed by atoms with E-state index in [0.717, 1.165) is 12.8 Å². The molecule has 1 heterocycles. The molecule has 0 saturated heterocycles. The van der Waals surface area contributed by atoms with E-state index < -0.39 is 0 Å². The van der Waals surface area contributed by atoms with E-state index in [0.29, 0.717) is 29.1 Å². The predicted molar refractivity (Wildman–Crippen MR) is 71.8 cm³/mol. The van der Waals surface area contributed by atoms with Crippen LogP contribution in [0.4, 0.5) is 10.9 Å². The summed E-state index contributed by atoms with van der Waals surface area (Å²) in [5, 5.41) is 12.9. The van der Waals surface area contributed by atoms with Crippen molar-refractivity contribution in [2.75, 3.05) is 30.7 Å². The van der Waals surface area contributed by atoms with E-state index >= 15 is 0 Å². The molecule has 0 aliphatic heterocycles. The Kier molecular flexibility index (Phi) is 4.03. The smallest absolute Gasteiger partial charge is 0.267 e. The Hall–Kier alpha value is -1.34. The number of carbonyl (C=O) groups is 1. The van der Waals surface area contributed by atoms with Crippen LogP contribution in [0, 0.1) is 0 Å². The summed E-state index contributed by atoms with van der Waals surface area (Å²) in [6.07, 6.45) is 2.29. The summed E-state index contributed by atoms with van der Waals surface area (Å²) in [5.74, 6) is 0.106. The standard InChI is InChI=1S/C11H18N4O2S/c1-2-15(5-6-16)10(17)8-9(12)14-11(18-8)13-7-3-4-7/h7,16H,2-6,12H2,1H3,(H,13,14). The van der Waals surface area contributed by atoms with Crippen molar-refractivity contribution in [1.29, 1.82) is 0 Å². The highest BCUT2D eigenvalue weighted by Gasteiger charge is 2.25. The molecule has 0 aromatic carbocycles. The maximum atomic E-state index is 12.2. The van der Waals surface area contributed by atoms with E-state index in [1.807, 2.05) is 6.92 Å². The molecule has 4 N–H and O–H groups in total. The first-order valence-corrected chi connectivity index (χ1v) is 6.90. The number of aliphatic hydroxyl groups is 1. The van der Waals surface area contributed by atoms with Crippen molar-refractivity contribution in [1.82, 2.24) is 9.88 Å². The number of nitrogens with two attached hydrogens (primary N) is 1. The molecular formula is C11H18N4O2S. The van der Waals surface area contributed by atoms with E-state index in [1.165, 1.54) is 11.3 Å². The lowest BCUT2D eigenvalue weighted by Crippen LogP contribution is -2.33. The molecule has 1 aromatic rings. The molecule has 0 atom stereocenters. The average molecular weight is 270 g/mol. The lowest BCUT2D eigenvalue weighted by molar-refractivity contribution is 0.0737. The largest absolute Gasteiger partial charge is 0.395 e. The molecule has 6 nitrogen and oxygen atoms in total. The van der Waals surface area contributed by atoms with Gasteiger partial charge in [-0.2, -0.15) is 0 Å². The number of hydrogen-bond donors (Lipinski definition) is 3. The maximum Gasteiger partial charge on any atom is 0.267 e. The number of likely N-dealkylation sites (N-methyl/N-ethyl adjacent to an activating group) is 1. The highest BCUT2D eigenvalue weighted by molar-refractivity contribution is 7.18. The monoisotopic (exact) mass is 270 g/mol. The van der Waals surface area contributed by atoms with Crippen LogP contribution in [0.3, 0.4) is 0 Å². The van der Waals surface area contributed by atoms with Gasteiger partial charge in [0.25, 0.3) is 5.91 Å². The third kappa shape index (κ3) is 2.91. The normalized spacial score (nSPS) is 14.6. The van der Waals surface area contributed by atoms with Gasteiger partial charge < -0.3 is 21.1 Å². The van der Waals surface area contributed by atoms with Crippen molar-refractivity contribution in [2.45, 2.75) is 25.8 Å². The summed E-state index contributed by atoms with van der Waals surface area (Å²) in [6, 6.07) is 0.484. The van der Waals surface area contributed by atoms with Gasteiger partial charge in [0.15, 0.2) is 5.13 Å². The predicted octanol–water partition coefficient (Wildman–Crippen LogP) is 0.754. The van der Waals surface area contributed by atoms with Crippen LogP contribution in [-0.4, -0.2) is 46.6 Å². The van der Waals surface area contributed by atoms with Crippen LogP contribution >= 0.6 is 11.3 Å². The quantitative estimate of drug-likeness (QED) is 0.709. The van der Waals surface area contributed by atoms with Gasteiger partial charge in [-0.05, 0) is 19.8 Å². The first kappa shape index (κ1) is 13.1. The van der Waals surface area contributed by atoms with Crippen LogP contribution in [0.2, 0.25) is 0 Å². The van der Waals surface area contributed by atoms with Crippen molar-refractivity contribution in [3.05, 3.63) is 4.88 Å². The molecule has 0 unspecified atom stereocenters. The summed E-state index contributed by atoms with van der Waals surface area (Å²) < 4.78 is 0. The number of hydrogen-bond acceptors (Lipinski definition) is 6. The Labute approximate surface area is 110 Å². The number of amides is 1. The topological polar surface area (TPSA) is 91.5 Å². The number of nitrogen functional groups attached to an aromatic ring is 1. The minimum Gasteiger partial charge on any atom is -0.395 e. The number of aliphatic hydroxyl groups excluding tert-OH is 1. The molecule has 7 heteroatoms. The van der Waals surface area contributed by atoms with Gasteiger partial charge >= 0.3 is 0 Å². The molecule has 0 spiro atoms. The first-order chi connectivity index (χ1) is 8.65. The van der Waals surface area contributed by atoms with Crippen LogP contribution in [0.1, 0.15) is 29.4 Å². The lowest BCUT2D eigenvalue weighted by Gasteiger charge is -2.18. The molecule has 18 heavy (non-hydrogen) atoms. The van der Waals surface area contributed by atoms with Crippen molar-refractivity contribution >= 4 is 28.2 Å². The molecule has 100 valence electrons. The Bertz CT molecular complexity index is 431. The Balaban J connectivity index is 2.10. The van der Waals surface area contributed by atoms with Gasteiger partial charge in [0.05, 0.1) is 6.61 Å². The van der Waals surface area contributed by atoms with Crippen molar-refractivity contribution in [2.24, 2.45) is 0 Å². The summed E-state index contributed by atoms with van der Waals surface area (Å²) >= 11 is 1.29. The zero-order valence-corrected chi connectivity index (χ0v) is 11.2. The van der Waals surface area contributed by atoms with Gasteiger partial charge in [-0.3, -0.25) is 4.79 Å². The molecule has 0 radical (unpaired) electrons. The SMILES string of the molecule is CCN(CCO)C(=O)c1sc(NC2CC2)nc1N. The molecule has 1 aliphatic rings. The molecule has 1 amide bonds. The van der Waals surface area contributed by atoms with E-state index in [9.17, 15) is 4.79 Å². The van der Waals surface area contributed by atoms with E-state index in [1.54, 1.807) is 4.90 Å². The highest BCUT2D eigenvalue weighted by Crippen LogP contribution is 2.31. The Morgan fingerprint density at radius 1 is 1.67 bits per heavy atom. The van der Waals surface area contributed by atoms with Gasteiger partial charge in [-0.25, -0.2) is 4.98 Å². The van der Waals surface area contributed by atoms with Crippen molar-refractivity contribution < 1.29 is 9.90 Å². The van der Waals surface area contributed by atoms with E-state index in [-0.39, 0.29) is 18.3 Å². The molecule has 1 fully saturated rings. The van der Waals surface area contributed by atoms with Gasteiger partial charge in [0.2, 0.25) is 0 Å². The van der Waals surface area contributed by atoms with Crippen LogP contribution in [0.25, 0.3) is 0 Å². The third-order valence-electron chi connectivity index (χ3n) is 2.79.